The quantitative estimate of drug-likeness (QED) is 0.703. The number of ether oxygens (including phenoxy) is 1. The minimum atomic E-state index is -0.303. The first-order chi connectivity index (χ1) is 9.51. The van der Waals surface area contributed by atoms with Crippen molar-refractivity contribution in [1.29, 1.82) is 0 Å². The molecule has 0 heterocycles. The maximum absolute atomic E-state index is 12.5. The molecular formula is C16H27NO3. The van der Waals surface area contributed by atoms with Gasteiger partial charge in [-0.1, -0.05) is 6.42 Å². The summed E-state index contributed by atoms with van der Waals surface area (Å²) >= 11 is 0. The van der Waals surface area contributed by atoms with Crippen LogP contribution in [0.3, 0.4) is 0 Å². The van der Waals surface area contributed by atoms with Gasteiger partial charge in [0.05, 0.1) is 6.61 Å². The lowest BCUT2D eigenvalue weighted by molar-refractivity contribution is -0.150. The molecule has 4 heteroatoms. The van der Waals surface area contributed by atoms with Crippen LogP contribution in [-0.4, -0.2) is 36.0 Å². The van der Waals surface area contributed by atoms with Gasteiger partial charge in [0.2, 0.25) is 5.91 Å². The summed E-state index contributed by atoms with van der Waals surface area (Å²) in [5.41, 5.74) is 0. The second kappa shape index (κ2) is 6.59. The van der Waals surface area contributed by atoms with Crippen LogP contribution in [0.5, 0.6) is 0 Å². The average Bonchev–Trinajstić information content (AvgIpc) is 2.98. The monoisotopic (exact) mass is 281 g/mol. The van der Waals surface area contributed by atoms with Gasteiger partial charge < -0.3 is 9.64 Å². The summed E-state index contributed by atoms with van der Waals surface area (Å²) in [5, 5.41) is 0. The molecule has 2 rings (SSSR count). The third-order valence-electron chi connectivity index (χ3n) is 4.87. The van der Waals surface area contributed by atoms with E-state index in [2.05, 4.69) is 0 Å². The second-order valence-electron chi connectivity index (χ2n) is 6.56. The Kier molecular flexibility index (Phi) is 5.06. The van der Waals surface area contributed by atoms with Crippen molar-refractivity contribution in [3.05, 3.63) is 0 Å². The molecule has 0 aliphatic heterocycles. The summed E-state index contributed by atoms with van der Waals surface area (Å²) in [6.45, 7) is 6.15. The molecule has 3 atom stereocenters. The van der Waals surface area contributed by atoms with Gasteiger partial charge in [-0.15, -0.1) is 0 Å². The first-order valence-electron chi connectivity index (χ1n) is 7.96. The second-order valence-corrected chi connectivity index (χ2v) is 6.56. The maximum Gasteiger partial charge on any atom is 0.325 e. The number of hydrogen-bond donors (Lipinski definition) is 0. The highest BCUT2D eigenvalue weighted by atomic mass is 16.5. The molecule has 2 fully saturated rings. The smallest absolute Gasteiger partial charge is 0.325 e. The summed E-state index contributed by atoms with van der Waals surface area (Å²) in [7, 11) is 0. The van der Waals surface area contributed by atoms with Gasteiger partial charge in [0.1, 0.15) is 6.54 Å². The van der Waals surface area contributed by atoms with Crippen LogP contribution >= 0.6 is 0 Å². The molecule has 0 radical (unpaired) electrons. The number of amides is 1. The van der Waals surface area contributed by atoms with E-state index in [1.165, 1.54) is 25.7 Å². The zero-order chi connectivity index (χ0) is 14.7. The lowest BCUT2D eigenvalue weighted by Gasteiger charge is -2.29. The Morgan fingerprint density at radius 1 is 1.25 bits per heavy atom. The molecule has 2 aliphatic rings. The van der Waals surface area contributed by atoms with Crippen LogP contribution in [0, 0.1) is 17.8 Å². The van der Waals surface area contributed by atoms with E-state index >= 15 is 0 Å². The van der Waals surface area contributed by atoms with Gasteiger partial charge in [-0.2, -0.15) is 0 Å². The molecule has 0 N–H and O–H groups in total. The lowest BCUT2D eigenvalue weighted by Crippen LogP contribution is -2.42. The van der Waals surface area contributed by atoms with E-state index in [-0.39, 0.29) is 24.5 Å². The first kappa shape index (κ1) is 15.3. The van der Waals surface area contributed by atoms with E-state index in [1.54, 1.807) is 11.8 Å². The predicted molar refractivity (Wildman–Crippen MR) is 77.0 cm³/mol. The van der Waals surface area contributed by atoms with Gasteiger partial charge in [-0.3, -0.25) is 9.59 Å². The SMILES string of the molecule is CCOC(=O)CN(C(=O)CC1CC2CCC1C2)C(C)C. The normalized spacial score (nSPS) is 27.9. The molecule has 114 valence electrons. The molecule has 0 aromatic rings. The van der Waals surface area contributed by atoms with E-state index in [0.717, 1.165) is 11.8 Å². The van der Waals surface area contributed by atoms with Gasteiger partial charge in [0.15, 0.2) is 0 Å². The standard InChI is InChI=1S/C16H27NO3/c1-4-20-16(19)10-17(11(2)3)15(18)9-14-8-12-5-6-13(14)7-12/h11-14H,4-10H2,1-3H3. The molecule has 2 saturated carbocycles. The first-order valence-corrected chi connectivity index (χ1v) is 7.96. The number of fused-ring (bicyclic) bond motifs is 2. The zero-order valence-corrected chi connectivity index (χ0v) is 12.9. The van der Waals surface area contributed by atoms with Gasteiger partial charge in [0, 0.05) is 12.5 Å². The predicted octanol–water partition coefficient (Wildman–Crippen LogP) is 2.61. The van der Waals surface area contributed by atoms with Crippen LogP contribution in [0.4, 0.5) is 0 Å². The van der Waals surface area contributed by atoms with Crippen molar-refractivity contribution in [3.63, 3.8) is 0 Å². The zero-order valence-electron chi connectivity index (χ0n) is 12.9. The van der Waals surface area contributed by atoms with Crippen LogP contribution in [0.25, 0.3) is 0 Å². The van der Waals surface area contributed by atoms with Gasteiger partial charge in [-0.25, -0.2) is 0 Å². The van der Waals surface area contributed by atoms with E-state index < -0.39 is 0 Å². The van der Waals surface area contributed by atoms with Crippen molar-refractivity contribution in [1.82, 2.24) is 4.90 Å². The van der Waals surface area contributed by atoms with Crippen molar-refractivity contribution in [2.75, 3.05) is 13.2 Å². The fourth-order valence-corrected chi connectivity index (χ4v) is 3.87. The van der Waals surface area contributed by atoms with E-state index in [0.29, 0.717) is 18.9 Å². The molecule has 0 aromatic carbocycles. The molecule has 20 heavy (non-hydrogen) atoms. The Balaban J connectivity index is 1.88. The summed E-state index contributed by atoms with van der Waals surface area (Å²) in [4.78, 5) is 25.8. The van der Waals surface area contributed by atoms with Gasteiger partial charge >= 0.3 is 5.97 Å². The third-order valence-corrected chi connectivity index (χ3v) is 4.87. The summed E-state index contributed by atoms with van der Waals surface area (Å²) in [6, 6.07) is 0.0468. The van der Waals surface area contributed by atoms with Gasteiger partial charge in [0.25, 0.3) is 0 Å². The van der Waals surface area contributed by atoms with Crippen molar-refractivity contribution >= 4 is 11.9 Å². The maximum atomic E-state index is 12.5. The Labute approximate surface area is 121 Å². The largest absolute Gasteiger partial charge is 0.465 e. The Bertz CT molecular complexity index is 367. The number of rotatable bonds is 6. The van der Waals surface area contributed by atoms with Crippen LogP contribution in [-0.2, 0) is 14.3 Å². The van der Waals surface area contributed by atoms with Crippen molar-refractivity contribution in [2.45, 2.75) is 58.9 Å². The topological polar surface area (TPSA) is 46.6 Å². The Hall–Kier alpha value is -1.06. The lowest BCUT2D eigenvalue weighted by atomic mass is 9.86. The van der Waals surface area contributed by atoms with Crippen LogP contribution in [0.15, 0.2) is 0 Å². The highest BCUT2D eigenvalue weighted by Gasteiger charge is 2.40. The molecule has 3 unspecified atom stereocenters. The Morgan fingerprint density at radius 2 is 2.00 bits per heavy atom. The molecule has 1 amide bonds. The van der Waals surface area contributed by atoms with Crippen molar-refractivity contribution in [2.24, 2.45) is 17.8 Å². The molecule has 0 spiro atoms. The van der Waals surface area contributed by atoms with Crippen molar-refractivity contribution in [3.8, 4) is 0 Å². The molecule has 2 bridgehead atoms. The molecule has 4 nitrogen and oxygen atoms in total. The fraction of sp³-hybridized carbons (Fsp3) is 0.875. The summed E-state index contributed by atoms with van der Waals surface area (Å²) in [5.74, 6) is 1.97. The third kappa shape index (κ3) is 3.53. The van der Waals surface area contributed by atoms with E-state index in [9.17, 15) is 9.59 Å². The number of hydrogen-bond acceptors (Lipinski definition) is 3. The highest BCUT2D eigenvalue weighted by molar-refractivity contribution is 5.82. The molecule has 0 aromatic heterocycles. The Morgan fingerprint density at radius 3 is 2.50 bits per heavy atom. The summed E-state index contributed by atoms with van der Waals surface area (Å²) < 4.78 is 4.96. The van der Waals surface area contributed by atoms with E-state index in [4.69, 9.17) is 4.74 Å². The number of nitrogens with zero attached hydrogens (tertiary/aromatic N) is 1. The number of carbonyl (C=O) groups is 2. The van der Waals surface area contributed by atoms with E-state index in [1.807, 2.05) is 13.8 Å². The highest BCUT2D eigenvalue weighted by Crippen LogP contribution is 2.49. The van der Waals surface area contributed by atoms with Crippen molar-refractivity contribution < 1.29 is 14.3 Å². The molecular weight excluding hydrogens is 254 g/mol. The van der Waals surface area contributed by atoms with Gasteiger partial charge in [-0.05, 0) is 57.8 Å². The van der Waals surface area contributed by atoms with Crippen LogP contribution < -0.4 is 0 Å². The van der Waals surface area contributed by atoms with Crippen LogP contribution in [0.2, 0.25) is 0 Å². The fourth-order valence-electron chi connectivity index (χ4n) is 3.87. The average molecular weight is 281 g/mol. The molecule has 0 saturated heterocycles. The number of esters is 1. The minimum absolute atomic E-state index is 0.0468. The van der Waals surface area contributed by atoms with Crippen LogP contribution in [0.1, 0.15) is 52.9 Å². The summed E-state index contributed by atoms with van der Waals surface area (Å²) in [6.07, 6.45) is 5.78. The number of carbonyl (C=O) groups excluding carboxylic acids is 2. The molecule has 2 aliphatic carbocycles. The minimum Gasteiger partial charge on any atom is -0.465 e.